The SMILES string of the molecule is CC(C)c1cc(C(=O)Nc2ccc(SCc3cccnc3)cc2)c2cnn(C(C)C)c2n1. The summed E-state index contributed by atoms with van der Waals surface area (Å²) < 4.78 is 1.87. The molecule has 32 heavy (non-hydrogen) atoms. The molecule has 0 fully saturated rings. The number of fused-ring (bicyclic) bond motifs is 1. The predicted octanol–water partition coefficient (Wildman–Crippen LogP) is 6.08. The third-order valence-electron chi connectivity index (χ3n) is 5.15. The Hall–Kier alpha value is -3.19. The first kappa shape index (κ1) is 22.0. The van der Waals surface area contributed by atoms with Crippen LogP contribution in [0.2, 0.25) is 0 Å². The topological polar surface area (TPSA) is 72.7 Å². The highest BCUT2D eigenvalue weighted by Crippen LogP contribution is 2.27. The standard InChI is InChI=1S/C25H27N5OS/c1-16(2)23-12-21(22-14-27-30(17(3)4)24(22)29-23)25(31)28-19-7-9-20(10-8-19)32-15-18-6-5-11-26-13-18/h5-14,16-17H,15H2,1-4H3,(H,28,31). The molecular weight excluding hydrogens is 418 g/mol. The van der Waals surface area contributed by atoms with Crippen molar-refractivity contribution < 1.29 is 4.79 Å². The lowest BCUT2D eigenvalue weighted by molar-refractivity contribution is 0.102. The smallest absolute Gasteiger partial charge is 0.256 e. The first-order chi connectivity index (χ1) is 15.4. The number of hydrogen-bond donors (Lipinski definition) is 1. The number of carbonyl (C=O) groups is 1. The van der Waals surface area contributed by atoms with Crippen LogP contribution < -0.4 is 5.32 Å². The predicted molar refractivity (Wildman–Crippen MR) is 130 cm³/mol. The maximum atomic E-state index is 13.2. The zero-order valence-electron chi connectivity index (χ0n) is 18.7. The van der Waals surface area contributed by atoms with Crippen molar-refractivity contribution in [2.45, 2.75) is 50.3 Å². The highest BCUT2D eigenvalue weighted by molar-refractivity contribution is 7.98. The number of nitrogens with one attached hydrogen (secondary N) is 1. The second kappa shape index (κ2) is 9.53. The summed E-state index contributed by atoms with van der Waals surface area (Å²) >= 11 is 1.74. The van der Waals surface area contributed by atoms with Crippen LogP contribution in [0.3, 0.4) is 0 Å². The fourth-order valence-electron chi connectivity index (χ4n) is 3.38. The molecule has 0 aliphatic heterocycles. The van der Waals surface area contributed by atoms with Crippen molar-refractivity contribution in [1.29, 1.82) is 0 Å². The average molecular weight is 446 g/mol. The van der Waals surface area contributed by atoms with E-state index in [2.05, 4.69) is 49.2 Å². The number of nitrogens with zero attached hydrogens (tertiary/aromatic N) is 4. The number of benzene rings is 1. The van der Waals surface area contributed by atoms with Gasteiger partial charge < -0.3 is 5.32 Å². The van der Waals surface area contributed by atoms with Crippen LogP contribution in [0.25, 0.3) is 11.0 Å². The van der Waals surface area contributed by atoms with E-state index in [-0.39, 0.29) is 17.9 Å². The van der Waals surface area contributed by atoms with Crippen LogP contribution in [0.5, 0.6) is 0 Å². The molecule has 4 rings (SSSR count). The van der Waals surface area contributed by atoms with E-state index in [4.69, 9.17) is 4.98 Å². The van der Waals surface area contributed by atoms with Crippen LogP contribution in [0.15, 0.2) is 66.0 Å². The van der Waals surface area contributed by atoms with Crippen molar-refractivity contribution in [3.05, 3.63) is 77.9 Å². The number of amides is 1. The first-order valence-corrected chi connectivity index (χ1v) is 11.7. The number of thioether (sulfide) groups is 1. The summed E-state index contributed by atoms with van der Waals surface area (Å²) in [6, 6.07) is 14.0. The van der Waals surface area contributed by atoms with Gasteiger partial charge in [-0.25, -0.2) is 9.67 Å². The summed E-state index contributed by atoms with van der Waals surface area (Å²) in [6.45, 7) is 8.27. The van der Waals surface area contributed by atoms with Crippen molar-refractivity contribution in [3.8, 4) is 0 Å². The number of rotatable bonds is 7. The highest BCUT2D eigenvalue weighted by Gasteiger charge is 2.19. The van der Waals surface area contributed by atoms with Gasteiger partial charge in [0, 0.05) is 40.5 Å². The summed E-state index contributed by atoms with van der Waals surface area (Å²) in [5.74, 6) is 0.905. The van der Waals surface area contributed by atoms with E-state index >= 15 is 0 Å². The molecule has 0 aliphatic carbocycles. The Morgan fingerprint density at radius 3 is 2.53 bits per heavy atom. The molecule has 0 spiro atoms. The molecule has 1 N–H and O–H groups in total. The molecule has 1 amide bonds. The molecule has 0 aliphatic rings. The minimum atomic E-state index is -0.154. The Morgan fingerprint density at radius 2 is 1.88 bits per heavy atom. The number of anilines is 1. The molecule has 3 heterocycles. The molecule has 3 aromatic heterocycles. The van der Waals surface area contributed by atoms with Crippen LogP contribution in [0, 0.1) is 0 Å². The zero-order valence-corrected chi connectivity index (χ0v) is 19.6. The Labute approximate surface area is 192 Å². The lowest BCUT2D eigenvalue weighted by Crippen LogP contribution is -2.14. The van der Waals surface area contributed by atoms with Gasteiger partial charge in [-0.2, -0.15) is 5.10 Å². The van der Waals surface area contributed by atoms with Crippen LogP contribution in [-0.4, -0.2) is 25.7 Å². The van der Waals surface area contributed by atoms with Gasteiger partial charge >= 0.3 is 0 Å². The van der Waals surface area contributed by atoms with Crippen molar-refractivity contribution in [1.82, 2.24) is 19.7 Å². The lowest BCUT2D eigenvalue weighted by Gasteiger charge is -2.12. The van der Waals surface area contributed by atoms with E-state index < -0.39 is 0 Å². The van der Waals surface area contributed by atoms with Gasteiger partial charge in [-0.3, -0.25) is 9.78 Å². The molecule has 164 valence electrons. The van der Waals surface area contributed by atoms with Gasteiger partial charge in [-0.05, 0) is 61.7 Å². The van der Waals surface area contributed by atoms with Crippen molar-refractivity contribution in [3.63, 3.8) is 0 Å². The van der Waals surface area contributed by atoms with Gasteiger partial charge in [0.05, 0.1) is 17.1 Å². The largest absolute Gasteiger partial charge is 0.322 e. The molecular formula is C25H27N5OS. The fourth-order valence-corrected chi connectivity index (χ4v) is 4.21. The Balaban J connectivity index is 1.53. The van der Waals surface area contributed by atoms with Gasteiger partial charge in [0.25, 0.3) is 5.91 Å². The molecule has 0 saturated heterocycles. The van der Waals surface area contributed by atoms with Crippen LogP contribution in [0.4, 0.5) is 5.69 Å². The van der Waals surface area contributed by atoms with E-state index in [0.29, 0.717) is 5.56 Å². The molecule has 0 unspecified atom stereocenters. The third-order valence-corrected chi connectivity index (χ3v) is 6.24. The number of carbonyl (C=O) groups excluding carboxylic acids is 1. The molecule has 0 atom stereocenters. The Bertz CT molecular complexity index is 1220. The second-order valence-corrected chi connectivity index (χ2v) is 9.35. The monoisotopic (exact) mass is 445 g/mol. The molecule has 1 aromatic carbocycles. The quantitative estimate of drug-likeness (QED) is 0.349. The highest BCUT2D eigenvalue weighted by atomic mass is 32.2. The van der Waals surface area contributed by atoms with Gasteiger partial charge in [0.1, 0.15) is 0 Å². The number of aromatic nitrogens is 4. The second-order valence-electron chi connectivity index (χ2n) is 8.30. The van der Waals surface area contributed by atoms with E-state index in [1.165, 1.54) is 5.56 Å². The zero-order chi connectivity index (χ0) is 22.7. The number of hydrogen-bond acceptors (Lipinski definition) is 5. The van der Waals surface area contributed by atoms with Crippen molar-refractivity contribution >= 4 is 34.4 Å². The van der Waals surface area contributed by atoms with Crippen molar-refractivity contribution in [2.75, 3.05) is 5.32 Å². The van der Waals surface area contributed by atoms with Gasteiger partial charge in [-0.1, -0.05) is 19.9 Å². The van der Waals surface area contributed by atoms with E-state index in [1.807, 2.05) is 47.3 Å². The first-order valence-electron chi connectivity index (χ1n) is 10.7. The normalized spacial score (nSPS) is 11.4. The van der Waals surface area contributed by atoms with Crippen LogP contribution in [0.1, 0.15) is 61.3 Å². The van der Waals surface area contributed by atoms with Gasteiger partial charge in [-0.15, -0.1) is 11.8 Å². The molecule has 0 radical (unpaired) electrons. The summed E-state index contributed by atoms with van der Waals surface area (Å²) in [5.41, 5.74) is 4.17. The molecule has 6 nitrogen and oxygen atoms in total. The Kier molecular flexibility index (Phi) is 6.55. The summed E-state index contributed by atoms with van der Waals surface area (Å²) in [5, 5.41) is 8.27. The van der Waals surface area contributed by atoms with Crippen molar-refractivity contribution in [2.24, 2.45) is 0 Å². The van der Waals surface area contributed by atoms with Crippen LogP contribution >= 0.6 is 11.8 Å². The van der Waals surface area contributed by atoms with Gasteiger partial charge in [0.2, 0.25) is 0 Å². The minimum absolute atomic E-state index is 0.154. The van der Waals surface area contributed by atoms with E-state index in [1.54, 1.807) is 24.2 Å². The molecule has 0 bridgehead atoms. The third kappa shape index (κ3) is 4.83. The molecule has 7 heteroatoms. The lowest BCUT2D eigenvalue weighted by atomic mass is 10.0. The summed E-state index contributed by atoms with van der Waals surface area (Å²) in [7, 11) is 0. The van der Waals surface area contributed by atoms with Crippen LogP contribution in [-0.2, 0) is 5.75 Å². The molecule has 4 aromatic rings. The summed E-state index contributed by atoms with van der Waals surface area (Å²) in [4.78, 5) is 23.3. The average Bonchev–Trinajstić information content (AvgIpc) is 3.23. The number of pyridine rings is 2. The van der Waals surface area contributed by atoms with E-state index in [9.17, 15) is 4.79 Å². The molecule has 0 saturated carbocycles. The van der Waals surface area contributed by atoms with Gasteiger partial charge in [0.15, 0.2) is 5.65 Å². The fraction of sp³-hybridized carbons (Fsp3) is 0.280. The summed E-state index contributed by atoms with van der Waals surface area (Å²) in [6.07, 6.45) is 5.39. The maximum absolute atomic E-state index is 13.2. The Morgan fingerprint density at radius 1 is 1.09 bits per heavy atom. The minimum Gasteiger partial charge on any atom is -0.322 e. The maximum Gasteiger partial charge on any atom is 0.256 e. The van der Waals surface area contributed by atoms with E-state index in [0.717, 1.165) is 33.1 Å².